The standard InChI is InChI=1S/C15H21N3O2.HI/c1-2-16-15(17-9-7-13-5-3-11-19-13)18-10-8-14-6-4-12-20-14;/h3-6,11-12H,2,7-10H2,1H3,(H2,16,17,18);1H. The molecule has 6 heteroatoms. The number of hydrogen-bond donors (Lipinski definition) is 2. The molecule has 0 atom stereocenters. The van der Waals surface area contributed by atoms with Crippen LogP contribution in [0.15, 0.2) is 50.6 Å². The van der Waals surface area contributed by atoms with Crippen molar-refractivity contribution in [3.05, 3.63) is 48.3 Å². The van der Waals surface area contributed by atoms with Gasteiger partial charge in [0.15, 0.2) is 5.96 Å². The Hall–Kier alpha value is -1.44. The Kier molecular flexibility index (Phi) is 8.65. The van der Waals surface area contributed by atoms with Crippen molar-refractivity contribution in [2.45, 2.75) is 19.8 Å². The largest absolute Gasteiger partial charge is 0.469 e. The van der Waals surface area contributed by atoms with Gasteiger partial charge in [-0.15, -0.1) is 24.0 Å². The summed E-state index contributed by atoms with van der Waals surface area (Å²) in [5, 5.41) is 6.51. The number of halogens is 1. The maximum absolute atomic E-state index is 5.29. The first kappa shape index (κ1) is 17.6. The molecule has 0 aliphatic rings. The smallest absolute Gasteiger partial charge is 0.191 e. The van der Waals surface area contributed by atoms with Gasteiger partial charge in [0.05, 0.1) is 12.5 Å². The van der Waals surface area contributed by atoms with Gasteiger partial charge in [-0.3, -0.25) is 4.99 Å². The Labute approximate surface area is 142 Å². The third-order valence-electron chi connectivity index (χ3n) is 2.80. The fourth-order valence-corrected chi connectivity index (χ4v) is 1.83. The van der Waals surface area contributed by atoms with Gasteiger partial charge in [0.25, 0.3) is 0 Å². The van der Waals surface area contributed by atoms with Gasteiger partial charge < -0.3 is 19.5 Å². The van der Waals surface area contributed by atoms with Crippen LogP contribution >= 0.6 is 24.0 Å². The van der Waals surface area contributed by atoms with Crippen LogP contribution in [-0.2, 0) is 12.8 Å². The SMILES string of the molecule is CCNC(=NCCc1ccco1)NCCc1ccco1.I. The Morgan fingerprint density at radius 1 is 1.05 bits per heavy atom. The molecule has 0 aliphatic heterocycles. The van der Waals surface area contributed by atoms with E-state index in [0.717, 1.165) is 43.4 Å². The van der Waals surface area contributed by atoms with E-state index in [1.165, 1.54) is 0 Å². The summed E-state index contributed by atoms with van der Waals surface area (Å²) in [5.74, 6) is 2.76. The van der Waals surface area contributed by atoms with Crippen molar-refractivity contribution in [3.63, 3.8) is 0 Å². The second kappa shape index (κ2) is 10.3. The van der Waals surface area contributed by atoms with Crippen LogP contribution in [0.25, 0.3) is 0 Å². The zero-order chi connectivity index (χ0) is 14.0. The Morgan fingerprint density at radius 2 is 1.71 bits per heavy atom. The van der Waals surface area contributed by atoms with E-state index in [-0.39, 0.29) is 24.0 Å². The van der Waals surface area contributed by atoms with Crippen molar-refractivity contribution in [2.75, 3.05) is 19.6 Å². The van der Waals surface area contributed by atoms with Gasteiger partial charge in [0, 0.05) is 32.5 Å². The first-order valence-corrected chi connectivity index (χ1v) is 6.95. The van der Waals surface area contributed by atoms with Crippen molar-refractivity contribution in [3.8, 4) is 0 Å². The summed E-state index contributed by atoms with van der Waals surface area (Å²) in [5.41, 5.74) is 0. The molecule has 0 radical (unpaired) electrons. The number of nitrogens with one attached hydrogen (secondary N) is 2. The molecule has 2 N–H and O–H groups in total. The molecule has 0 saturated heterocycles. The monoisotopic (exact) mass is 403 g/mol. The minimum absolute atomic E-state index is 0. The summed E-state index contributed by atoms with van der Waals surface area (Å²) >= 11 is 0. The molecule has 5 nitrogen and oxygen atoms in total. The van der Waals surface area contributed by atoms with E-state index in [1.54, 1.807) is 12.5 Å². The topological polar surface area (TPSA) is 62.7 Å². The number of aliphatic imine (C=N–C) groups is 1. The summed E-state index contributed by atoms with van der Waals surface area (Å²) in [6.45, 7) is 4.38. The summed E-state index contributed by atoms with van der Waals surface area (Å²) in [6.07, 6.45) is 5.03. The molecule has 0 fully saturated rings. The highest BCUT2D eigenvalue weighted by Crippen LogP contribution is 2.01. The highest BCUT2D eigenvalue weighted by Gasteiger charge is 2.00. The Morgan fingerprint density at radius 3 is 2.29 bits per heavy atom. The van der Waals surface area contributed by atoms with E-state index >= 15 is 0 Å². The van der Waals surface area contributed by atoms with Gasteiger partial charge in [0.1, 0.15) is 11.5 Å². The lowest BCUT2D eigenvalue weighted by Crippen LogP contribution is -2.38. The maximum Gasteiger partial charge on any atom is 0.191 e. The normalized spacial score (nSPS) is 11.0. The van der Waals surface area contributed by atoms with Crippen molar-refractivity contribution in [1.82, 2.24) is 10.6 Å². The average molecular weight is 403 g/mol. The number of hydrogen-bond acceptors (Lipinski definition) is 3. The molecule has 0 unspecified atom stereocenters. The van der Waals surface area contributed by atoms with Gasteiger partial charge in [-0.05, 0) is 31.2 Å². The predicted molar refractivity (Wildman–Crippen MR) is 94.2 cm³/mol. The van der Waals surface area contributed by atoms with Crippen LogP contribution < -0.4 is 10.6 Å². The van der Waals surface area contributed by atoms with Crippen molar-refractivity contribution < 1.29 is 8.83 Å². The van der Waals surface area contributed by atoms with Gasteiger partial charge in [-0.1, -0.05) is 0 Å². The second-order valence-electron chi connectivity index (χ2n) is 4.35. The Bertz CT molecular complexity index is 495. The van der Waals surface area contributed by atoms with Gasteiger partial charge in [-0.25, -0.2) is 0 Å². The lowest BCUT2D eigenvalue weighted by molar-refractivity contribution is 0.506. The Balaban J connectivity index is 0.00000220. The lowest BCUT2D eigenvalue weighted by atomic mass is 10.3. The van der Waals surface area contributed by atoms with Crippen molar-refractivity contribution in [2.24, 2.45) is 4.99 Å². The van der Waals surface area contributed by atoms with Gasteiger partial charge in [-0.2, -0.15) is 0 Å². The van der Waals surface area contributed by atoms with Crippen LogP contribution in [0.2, 0.25) is 0 Å². The number of rotatable bonds is 7. The van der Waals surface area contributed by atoms with E-state index in [2.05, 4.69) is 22.5 Å². The highest BCUT2D eigenvalue weighted by molar-refractivity contribution is 14.0. The zero-order valence-electron chi connectivity index (χ0n) is 12.2. The molecule has 2 aromatic rings. The lowest BCUT2D eigenvalue weighted by Gasteiger charge is -2.10. The third-order valence-corrected chi connectivity index (χ3v) is 2.80. The predicted octanol–water partition coefficient (Wildman–Crippen LogP) is 2.83. The van der Waals surface area contributed by atoms with E-state index in [9.17, 15) is 0 Å². The first-order chi connectivity index (χ1) is 9.88. The molecule has 0 bridgehead atoms. The van der Waals surface area contributed by atoms with E-state index in [1.807, 2.05) is 24.3 Å². The highest BCUT2D eigenvalue weighted by atomic mass is 127. The minimum atomic E-state index is 0. The minimum Gasteiger partial charge on any atom is -0.469 e. The van der Waals surface area contributed by atoms with E-state index < -0.39 is 0 Å². The van der Waals surface area contributed by atoms with Gasteiger partial charge >= 0.3 is 0 Å². The zero-order valence-corrected chi connectivity index (χ0v) is 14.5. The molecule has 0 amide bonds. The van der Waals surface area contributed by atoms with Crippen LogP contribution in [0.5, 0.6) is 0 Å². The summed E-state index contributed by atoms with van der Waals surface area (Å²) < 4.78 is 10.6. The molecule has 0 spiro atoms. The first-order valence-electron chi connectivity index (χ1n) is 6.95. The average Bonchev–Trinajstić information content (AvgIpc) is 3.11. The van der Waals surface area contributed by atoms with E-state index in [4.69, 9.17) is 8.83 Å². The molecule has 2 heterocycles. The van der Waals surface area contributed by atoms with Crippen LogP contribution in [0, 0.1) is 0 Å². The summed E-state index contributed by atoms with van der Waals surface area (Å²) in [6, 6.07) is 7.74. The van der Waals surface area contributed by atoms with Crippen LogP contribution in [0.1, 0.15) is 18.4 Å². The van der Waals surface area contributed by atoms with Crippen molar-refractivity contribution in [1.29, 1.82) is 0 Å². The molecule has 116 valence electrons. The molecule has 0 saturated carbocycles. The molecular weight excluding hydrogens is 381 g/mol. The summed E-state index contributed by atoms with van der Waals surface area (Å²) in [4.78, 5) is 4.51. The molecule has 0 aromatic carbocycles. The van der Waals surface area contributed by atoms with Crippen LogP contribution in [0.4, 0.5) is 0 Å². The number of nitrogens with zero attached hydrogens (tertiary/aromatic N) is 1. The number of furan rings is 2. The molecule has 2 aromatic heterocycles. The van der Waals surface area contributed by atoms with Crippen molar-refractivity contribution >= 4 is 29.9 Å². The quantitative estimate of drug-likeness (QED) is 0.424. The second-order valence-corrected chi connectivity index (χ2v) is 4.35. The third kappa shape index (κ3) is 6.70. The molecule has 0 aliphatic carbocycles. The summed E-state index contributed by atoms with van der Waals surface area (Å²) in [7, 11) is 0. The molecule has 21 heavy (non-hydrogen) atoms. The van der Waals surface area contributed by atoms with Gasteiger partial charge in [0.2, 0.25) is 0 Å². The fraction of sp³-hybridized carbons (Fsp3) is 0.400. The number of guanidine groups is 1. The molecule has 2 rings (SSSR count). The fourth-order valence-electron chi connectivity index (χ4n) is 1.83. The van der Waals surface area contributed by atoms with Crippen LogP contribution in [0.3, 0.4) is 0 Å². The molecular formula is C15H22IN3O2. The van der Waals surface area contributed by atoms with Crippen LogP contribution in [-0.4, -0.2) is 25.6 Å². The van der Waals surface area contributed by atoms with E-state index in [0.29, 0.717) is 6.54 Å². The maximum atomic E-state index is 5.29.